The summed E-state index contributed by atoms with van der Waals surface area (Å²) < 4.78 is 4.06. The van der Waals surface area contributed by atoms with Gasteiger partial charge in [-0.15, -0.1) is 0 Å². The number of hydrogen-bond acceptors (Lipinski definition) is 5. The van der Waals surface area contributed by atoms with Gasteiger partial charge in [0.15, 0.2) is 0 Å². The van der Waals surface area contributed by atoms with Crippen molar-refractivity contribution in [2.45, 2.75) is 5.54 Å². The molecule has 0 saturated heterocycles. The maximum Gasteiger partial charge on any atom is 0.340 e. The van der Waals surface area contributed by atoms with E-state index < -0.39 is 24.1 Å². The number of nitrogens with two attached hydrogens (primary N) is 1. The van der Waals surface area contributed by atoms with Gasteiger partial charge in [0.2, 0.25) is 5.54 Å². The molecule has 0 aromatic heterocycles. The molecule has 0 amide bonds. The normalized spacial score (nSPS) is 15.2. The fourth-order valence-electron chi connectivity index (χ4n) is 0.402. The Balaban J connectivity index is 4.59. The molecule has 0 rings (SSSR count). The Kier molecular flexibility index (Phi) is 2.97. The molecule has 64 valence electrons. The standard InChI is InChI=1S/C5H9NO5/c1-11-4(10)5(6,2-7)3(8)9/h7H,2,6H2,1H3,(H,8,9)/t5-/m1/s1. The van der Waals surface area contributed by atoms with Crippen molar-refractivity contribution in [1.29, 1.82) is 0 Å². The van der Waals surface area contributed by atoms with Gasteiger partial charge in [0.25, 0.3) is 0 Å². The van der Waals surface area contributed by atoms with Gasteiger partial charge in [-0.3, -0.25) is 0 Å². The summed E-state index contributed by atoms with van der Waals surface area (Å²) in [5.74, 6) is -2.79. The number of carboxylic acid groups (broad SMARTS) is 1. The van der Waals surface area contributed by atoms with Crippen LogP contribution in [-0.4, -0.2) is 41.4 Å². The number of carbonyl (C=O) groups excluding carboxylic acids is 1. The van der Waals surface area contributed by atoms with E-state index in [-0.39, 0.29) is 0 Å². The third-order valence-electron chi connectivity index (χ3n) is 1.18. The minimum Gasteiger partial charge on any atom is -0.479 e. The molecule has 6 nitrogen and oxygen atoms in total. The van der Waals surface area contributed by atoms with Gasteiger partial charge < -0.3 is 20.7 Å². The average molecular weight is 163 g/mol. The van der Waals surface area contributed by atoms with E-state index in [1.807, 2.05) is 0 Å². The number of hydrogen-bond donors (Lipinski definition) is 3. The van der Waals surface area contributed by atoms with Crippen molar-refractivity contribution in [3.8, 4) is 0 Å². The molecule has 0 aromatic rings. The molecule has 0 unspecified atom stereocenters. The summed E-state index contributed by atoms with van der Waals surface area (Å²) in [7, 11) is 0.989. The SMILES string of the molecule is COC(=O)[C@@](N)(CO)C(=O)O. The molecule has 1 atom stereocenters. The summed E-state index contributed by atoms with van der Waals surface area (Å²) in [5, 5.41) is 16.8. The lowest BCUT2D eigenvalue weighted by Crippen LogP contribution is -2.58. The van der Waals surface area contributed by atoms with E-state index in [0.717, 1.165) is 7.11 Å². The van der Waals surface area contributed by atoms with Gasteiger partial charge in [-0.25, -0.2) is 9.59 Å². The first-order valence-corrected chi connectivity index (χ1v) is 2.70. The lowest BCUT2D eigenvalue weighted by molar-refractivity contribution is -0.161. The van der Waals surface area contributed by atoms with Gasteiger partial charge >= 0.3 is 11.9 Å². The Morgan fingerprint density at radius 2 is 2.09 bits per heavy atom. The van der Waals surface area contributed by atoms with Crippen LogP contribution in [0.15, 0.2) is 0 Å². The van der Waals surface area contributed by atoms with Crippen molar-refractivity contribution in [3.05, 3.63) is 0 Å². The van der Waals surface area contributed by atoms with Crippen LogP contribution in [0.4, 0.5) is 0 Å². The van der Waals surface area contributed by atoms with E-state index in [4.69, 9.17) is 15.9 Å². The monoisotopic (exact) mass is 163 g/mol. The van der Waals surface area contributed by atoms with E-state index in [2.05, 4.69) is 4.74 Å². The zero-order valence-electron chi connectivity index (χ0n) is 5.90. The number of carbonyl (C=O) groups is 2. The van der Waals surface area contributed by atoms with Crippen molar-refractivity contribution >= 4 is 11.9 Å². The van der Waals surface area contributed by atoms with Crippen LogP contribution in [0.3, 0.4) is 0 Å². The van der Waals surface area contributed by atoms with Crippen LogP contribution in [0.2, 0.25) is 0 Å². The van der Waals surface area contributed by atoms with Gasteiger partial charge in [-0.1, -0.05) is 0 Å². The van der Waals surface area contributed by atoms with E-state index in [1.165, 1.54) is 0 Å². The highest BCUT2D eigenvalue weighted by atomic mass is 16.5. The molecule has 4 N–H and O–H groups in total. The average Bonchev–Trinajstić information content (AvgIpc) is 2.01. The number of esters is 1. The molecule has 0 bridgehead atoms. The topological polar surface area (TPSA) is 110 Å². The summed E-state index contributed by atoms with van der Waals surface area (Å²) >= 11 is 0. The number of aliphatic hydroxyl groups excluding tert-OH is 1. The number of aliphatic carboxylic acids is 1. The molecular weight excluding hydrogens is 154 g/mol. The second-order valence-electron chi connectivity index (χ2n) is 1.93. The first kappa shape index (κ1) is 9.86. The van der Waals surface area contributed by atoms with Crippen molar-refractivity contribution in [2.75, 3.05) is 13.7 Å². The molecular formula is C5H9NO5. The lowest BCUT2D eigenvalue weighted by atomic mass is 10.0. The highest BCUT2D eigenvalue weighted by Gasteiger charge is 2.43. The largest absolute Gasteiger partial charge is 0.479 e. The third kappa shape index (κ3) is 1.66. The molecule has 0 aromatic carbocycles. The van der Waals surface area contributed by atoms with Gasteiger partial charge in [0.1, 0.15) is 0 Å². The van der Waals surface area contributed by atoms with Crippen molar-refractivity contribution in [3.63, 3.8) is 0 Å². The van der Waals surface area contributed by atoms with Crippen LogP contribution in [0.5, 0.6) is 0 Å². The van der Waals surface area contributed by atoms with Crippen LogP contribution < -0.4 is 5.73 Å². The van der Waals surface area contributed by atoms with Crippen LogP contribution in [0.1, 0.15) is 0 Å². The fraction of sp³-hybridized carbons (Fsp3) is 0.600. The summed E-state index contributed by atoms with van der Waals surface area (Å²) in [5.41, 5.74) is 2.63. The van der Waals surface area contributed by atoms with Crippen LogP contribution in [-0.2, 0) is 14.3 Å². The summed E-state index contributed by atoms with van der Waals surface area (Å²) in [6, 6.07) is 0. The molecule has 0 aliphatic heterocycles. The Morgan fingerprint density at radius 1 is 1.64 bits per heavy atom. The Labute approximate surface area is 62.6 Å². The smallest absolute Gasteiger partial charge is 0.340 e. The van der Waals surface area contributed by atoms with E-state index >= 15 is 0 Å². The molecule has 0 spiro atoms. The second kappa shape index (κ2) is 3.31. The van der Waals surface area contributed by atoms with Crippen LogP contribution in [0.25, 0.3) is 0 Å². The van der Waals surface area contributed by atoms with Gasteiger partial charge in [-0.05, 0) is 0 Å². The predicted octanol–water partition coefficient (Wildman–Crippen LogP) is -2.07. The maximum absolute atomic E-state index is 10.6. The first-order valence-electron chi connectivity index (χ1n) is 2.70. The molecule has 0 heterocycles. The molecule has 0 saturated carbocycles. The molecule has 0 fully saturated rings. The summed E-state index contributed by atoms with van der Waals surface area (Å²) in [6.07, 6.45) is 0. The third-order valence-corrected chi connectivity index (χ3v) is 1.18. The number of aliphatic hydroxyl groups is 1. The highest BCUT2D eigenvalue weighted by molar-refractivity contribution is 6.03. The Bertz CT molecular complexity index is 180. The second-order valence-corrected chi connectivity index (χ2v) is 1.93. The minimum atomic E-state index is -2.34. The van der Waals surface area contributed by atoms with Crippen molar-refractivity contribution in [2.24, 2.45) is 5.73 Å². The van der Waals surface area contributed by atoms with E-state index in [9.17, 15) is 9.59 Å². The zero-order valence-corrected chi connectivity index (χ0v) is 5.90. The highest BCUT2D eigenvalue weighted by Crippen LogP contribution is 2.01. The summed E-state index contributed by atoms with van der Waals surface area (Å²) in [4.78, 5) is 20.9. The Hall–Kier alpha value is -1.14. The quantitative estimate of drug-likeness (QED) is 0.326. The van der Waals surface area contributed by atoms with Gasteiger partial charge in [0.05, 0.1) is 13.7 Å². The number of methoxy groups -OCH3 is 1. The van der Waals surface area contributed by atoms with Crippen molar-refractivity contribution in [1.82, 2.24) is 0 Å². The number of rotatable bonds is 3. The molecule has 11 heavy (non-hydrogen) atoms. The lowest BCUT2D eigenvalue weighted by Gasteiger charge is -2.17. The Morgan fingerprint density at radius 3 is 2.18 bits per heavy atom. The number of carboxylic acids is 1. The van der Waals surface area contributed by atoms with Gasteiger partial charge in [-0.2, -0.15) is 0 Å². The molecule has 0 aliphatic carbocycles. The summed E-state index contributed by atoms with van der Waals surface area (Å²) in [6.45, 7) is -0.991. The molecule has 0 radical (unpaired) electrons. The van der Waals surface area contributed by atoms with Crippen LogP contribution >= 0.6 is 0 Å². The van der Waals surface area contributed by atoms with E-state index in [0.29, 0.717) is 0 Å². The zero-order chi connectivity index (χ0) is 9.07. The maximum atomic E-state index is 10.6. The van der Waals surface area contributed by atoms with Crippen molar-refractivity contribution < 1.29 is 24.5 Å². The fourth-order valence-corrected chi connectivity index (χ4v) is 0.402. The molecule has 6 heteroatoms. The first-order chi connectivity index (χ1) is 4.99. The predicted molar refractivity (Wildman–Crippen MR) is 33.7 cm³/mol. The number of ether oxygens (including phenoxy) is 1. The minimum absolute atomic E-state index is 0.989. The van der Waals surface area contributed by atoms with E-state index in [1.54, 1.807) is 0 Å². The van der Waals surface area contributed by atoms with Crippen LogP contribution in [0, 0.1) is 0 Å². The van der Waals surface area contributed by atoms with Gasteiger partial charge in [0, 0.05) is 0 Å². The molecule has 0 aliphatic rings.